The quantitative estimate of drug-likeness (QED) is 0.473. The third-order valence-corrected chi connectivity index (χ3v) is 2.23. The summed E-state index contributed by atoms with van der Waals surface area (Å²) in [6.07, 6.45) is -3.26. The second-order valence-electron chi connectivity index (χ2n) is 3.55. The van der Waals surface area contributed by atoms with Gasteiger partial charge in [-0.2, -0.15) is 0 Å². The highest BCUT2D eigenvalue weighted by molar-refractivity contribution is 5.18. The van der Waals surface area contributed by atoms with Crippen LogP contribution in [-0.4, -0.2) is 28.0 Å². The van der Waals surface area contributed by atoms with Gasteiger partial charge in [-0.25, -0.2) is 0 Å². The van der Waals surface area contributed by atoms with Crippen molar-refractivity contribution in [3.8, 4) is 0 Å². The average Bonchev–Trinajstić information content (AvgIpc) is 2.41. The van der Waals surface area contributed by atoms with E-state index in [1.165, 1.54) is 24.3 Å². The molecule has 0 unspecified atom stereocenters. The fourth-order valence-corrected chi connectivity index (χ4v) is 1.50. The second kappa shape index (κ2) is 7.42. The van der Waals surface area contributed by atoms with Crippen molar-refractivity contribution in [2.75, 3.05) is 6.61 Å². The summed E-state index contributed by atoms with van der Waals surface area (Å²) in [7, 11) is 0. The number of hydrogen-bond acceptors (Lipinski definition) is 9. The molecule has 0 aromatic heterocycles. The minimum atomic E-state index is -1.70. The molecule has 0 aliphatic rings. The first-order valence-corrected chi connectivity index (χ1v) is 5.34. The molecule has 1 rings (SSSR count). The number of benzene rings is 1. The van der Waals surface area contributed by atoms with Gasteiger partial charge >= 0.3 is 0 Å². The summed E-state index contributed by atoms with van der Waals surface area (Å²) in [6.45, 7) is -0.915. The molecule has 0 amide bonds. The zero-order chi connectivity index (χ0) is 15.8. The van der Waals surface area contributed by atoms with Gasteiger partial charge in [-0.15, -0.1) is 30.3 Å². The Labute approximate surface area is 116 Å². The van der Waals surface area contributed by atoms with Gasteiger partial charge in [0.25, 0.3) is 15.3 Å². The van der Waals surface area contributed by atoms with Crippen LogP contribution in [0.3, 0.4) is 0 Å². The normalized spacial score (nSPS) is 12.8. The van der Waals surface area contributed by atoms with Gasteiger partial charge in [0.1, 0.15) is 6.61 Å². The monoisotopic (exact) mass is 303 g/mol. The SMILES string of the molecule is O=[N+]([O-])OC[C@H](O[N+](=O)[O-])[C@H](O[N+](=O)[O-])c1ccccc1. The lowest BCUT2D eigenvalue weighted by Crippen LogP contribution is -2.33. The Balaban J connectivity index is 3.00. The maximum absolute atomic E-state index is 10.5. The Hall–Kier alpha value is -3.18. The molecule has 2 atom stereocenters. The smallest absolute Gasteiger partial charge is 0.295 e. The molecule has 0 bridgehead atoms. The van der Waals surface area contributed by atoms with Gasteiger partial charge in [0, 0.05) is 0 Å². The first-order valence-electron chi connectivity index (χ1n) is 5.34. The van der Waals surface area contributed by atoms with Crippen molar-refractivity contribution < 1.29 is 29.8 Å². The topological polar surface area (TPSA) is 157 Å². The van der Waals surface area contributed by atoms with E-state index in [0.717, 1.165) is 0 Å². The molecule has 0 aliphatic heterocycles. The van der Waals surface area contributed by atoms with Crippen molar-refractivity contribution in [3.63, 3.8) is 0 Å². The van der Waals surface area contributed by atoms with Crippen molar-refractivity contribution in [1.82, 2.24) is 0 Å². The summed E-state index contributed by atoms with van der Waals surface area (Å²) >= 11 is 0. The van der Waals surface area contributed by atoms with Crippen molar-refractivity contribution in [2.45, 2.75) is 12.2 Å². The predicted molar refractivity (Wildman–Crippen MR) is 62.1 cm³/mol. The molecule has 0 spiro atoms. The average molecular weight is 303 g/mol. The molecule has 0 radical (unpaired) electrons. The Bertz CT molecular complexity index is 508. The summed E-state index contributed by atoms with van der Waals surface area (Å²) in [5, 5.41) is 27.4. The number of nitrogens with zero attached hydrogens (tertiary/aromatic N) is 3. The van der Waals surface area contributed by atoms with E-state index >= 15 is 0 Å². The van der Waals surface area contributed by atoms with Crippen molar-refractivity contribution in [3.05, 3.63) is 66.2 Å². The molecule has 21 heavy (non-hydrogen) atoms. The predicted octanol–water partition coefficient (Wildman–Crippen LogP) is 0.721. The number of hydrogen-bond donors (Lipinski definition) is 0. The maximum Gasteiger partial charge on any atom is 0.295 e. The molecular weight excluding hydrogens is 294 g/mol. The standard InChI is InChI=1S/C9H9N3O9/c13-10(14)19-6-8(20-11(15)16)9(21-12(17)18)7-4-2-1-3-5-7/h1-5,8-9H,6H2/t8-,9+/m0/s1. The van der Waals surface area contributed by atoms with Crippen LogP contribution in [-0.2, 0) is 14.5 Å². The molecule has 0 aliphatic carbocycles. The highest BCUT2D eigenvalue weighted by Crippen LogP contribution is 2.24. The summed E-state index contributed by atoms with van der Waals surface area (Å²) in [5.41, 5.74) is 0.160. The third-order valence-electron chi connectivity index (χ3n) is 2.23. The molecule has 0 N–H and O–H groups in total. The molecule has 0 heterocycles. The summed E-state index contributed by atoms with van der Waals surface area (Å²) in [4.78, 5) is 43.5. The van der Waals surface area contributed by atoms with Gasteiger partial charge in [0.05, 0.1) is 0 Å². The molecule has 1 aromatic rings. The minimum absolute atomic E-state index is 0.160. The van der Waals surface area contributed by atoms with Gasteiger partial charge in [-0.05, 0) is 5.56 Å². The van der Waals surface area contributed by atoms with Crippen LogP contribution in [0.2, 0.25) is 0 Å². The summed E-state index contributed by atoms with van der Waals surface area (Å²) in [5.74, 6) is 0. The molecule has 0 fully saturated rings. The molecule has 12 heteroatoms. The molecule has 0 saturated carbocycles. The highest BCUT2D eigenvalue weighted by Gasteiger charge is 2.31. The van der Waals surface area contributed by atoms with E-state index in [2.05, 4.69) is 14.5 Å². The second-order valence-corrected chi connectivity index (χ2v) is 3.55. The molecule has 12 nitrogen and oxygen atoms in total. The van der Waals surface area contributed by atoms with Crippen molar-refractivity contribution in [1.29, 1.82) is 0 Å². The van der Waals surface area contributed by atoms with E-state index in [1.54, 1.807) is 6.07 Å². The molecule has 114 valence electrons. The highest BCUT2D eigenvalue weighted by atomic mass is 17.0. The number of rotatable bonds is 9. The van der Waals surface area contributed by atoms with E-state index in [1.807, 2.05) is 0 Å². The van der Waals surface area contributed by atoms with Gasteiger partial charge in [-0.1, -0.05) is 30.3 Å². The van der Waals surface area contributed by atoms with E-state index in [-0.39, 0.29) is 5.56 Å². The van der Waals surface area contributed by atoms with Crippen LogP contribution >= 0.6 is 0 Å². The Morgan fingerprint density at radius 3 is 1.95 bits per heavy atom. The lowest BCUT2D eigenvalue weighted by Gasteiger charge is -2.22. The van der Waals surface area contributed by atoms with E-state index in [4.69, 9.17) is 0 Å². The van der Waals surface area contributed by atoms with Gasteiger partial charge in [0.2, 0.25) is 0 Å². The largest absolute Gasteiger partial charge is 0.311 e. The van der Waals surface area contributed by atoms with Gasteiger partial charge < -0.3 is 14.5 Å². The van der Waals surface area contributed by atoms with Crippen molar-refractivity contribution >= 4 is 0 Å². The summed E-state index contributed by atoms with van der Waals surface area (Å²) < 4.78 is 0. The zero-order valence-electron chi connectivity index (χ0n) is 10.3. The molecular formula is C9H9N3O9. The summed E-state index contributed by atoms with van der Waals surface area (Å²) in [6, 6.07) is 7.38. The van der Waals surface area contributed by atoms with Crippen LogP contribution in [0.5, 0.6) is 0 Å². The minimum Gasteiger partial charge on any atom is -0.311 e. The van der Waals surface area contributed by atoms with Crippen LogP contribution in [0.4, 0.5) is 0 Å². The van der Waals surface area contributed by atoms with E-state index in [9.17, 15) is 30.3 Å². The van der Waals surface area contributed by atoms with Gasteiger partial charge in [0.15, 0.2) is 12.2 Å². The Morgan fingerprint density at radius 1 is 0.905 bits per heavy atom. The molecule has 1 aromatic carbocycles. The van der Waals surface area contributed by atoms with Crippen LogP contribution in [0.15, 0.2) is 30.3 Å². The van der Waals surface area contributed by atoms with Gasteiger partial charge in [-0.3, -0.25) is 0 Å². The lowest BCUT2D eigenvalue weighted by atomic mass is 10.1. The van der Waals surface area contributed by atoms with E-state index in [0.29, 0.717) is 0 Å². The van der Waals surface area contributed by atoms with Crippen molar-refractivity contribution in [2.24, 2.45) is 0 Å². The first kappa shape index (κ1) is 15.9. The zero-order valence-corrected chi connectivity index (χ0v) is 10.3. The maximum atomic E-state index is 10.5. The first-order chi connectivity index (χ1) is 9.90. The Kier molecular flexibility index (Phi) is 5.61. The lowest BCUT2D eigenvalue weighted by molar-refractivity contribution is -0.812. The third kappa shape index (κ3) is 5.54. The van der Waals surface area contributed by atoms with Crippen LogP contribution in [0, 0.1) is 30.3 Å². The van der Waals surface area contributed by atoms with Crippen LogP contribution < -0.4 is 0 Å². The fourth-order valence-electron chi connectivity index (χ4n) is 1.50. The van der Waals surface area contributed by atoms with Crippen LogP contribution in [0.25, 0.3) is 0 Å². The molecule has 0 saturated heterocycles. The fraction of sp³-hybridized carbons (Fsp3) is 0.333. The Morgan fingerprint density at radius 2 is 1.48 bits per heavy atom. The van der Waals surface area contributed by atoms with E-state index < -0.39 is 34.1 Å². The van der Waals surface area contributed by atoms with Crippen LogP contribution in [0.1, 0.15) is 11.7 Å².